The number of aryl methyl sites for hydroxylation is 2. The van der Waals surface area contributed by atoms with E-state index in [-0.39, 0.29) is 5.92 Å². The number of aliphatic imine (C=N–C) groups is 1. The molecule has 0 bridgehead atoms. The number of methoxy groups -OCH3 is 2. The van der Waals surface area contributed by atoms with Gasteiger partial charge in [-0.15, -0.1) is 0 Å². The van der Waals surface area contributed by atoms with Crippen molar-refractivity contribution >= 4 is 5.96 Å². The molecule has 0 saturated carbocycles. The molecule has 0 spiro atoms. The molecule has 148 valence electrons. The molecule has 1 atom stereocenters. The van der Waals surface area contributed by atoms with Crippen LogP contribution in [0.15, 0.2) is 27.7 Å². The van der Waals surface area contributed by atoms with E-state index < -0.39 is 0 Å². The van der Waals surface area contributed by atoms with Crippen LogP contribution in [0.4, 0.5) is 0 Å². The van der Waals surface area contributed by atoms with E-state index in [1.165, 1.54) is 0 Å². The molecule has 1 aromatic heterocycles. The lowest BCUT2D eigenvalue weighted by molar-refractivity contribution is 0.382. The fourth-order valence-electron chi connectivity index (χ4n) is 3.24. The average molecular weight is 374 g/mol. The van der Waals surface area contributed by atoms with Crippen LogP contribution in [0, 0.1) is 13.8 Å². The minimum absolute atomic E-state index is 0.261. The lowest BCUT2D eigenvalue weighted by atomic mass is 10.00. The highest BCUT2D eigenvalue weighted by molar-refractivity contribution is 5.79. The van der Waals surface area contributed by atoms with Gasteiger partial charge in [0.1, 0.15) is 17.3 Å². The van der Waals surface area contributed by atoms with Crippen molar-refractivity contribution in [2.24, 2.45) is 4.99 Å². The van der Waals surface area contributed by atoms with Gasteiger partial charge in [0, 0.05) is 50.3 Å². The SMILES string of the molecule is CN=C(NCC(C)c1c(C)noc1C)N(C)Cc1ccc(OC)cc1OC. The summed E-state index contributed by atoms with van der Waals surface area (Å²) in [5.74, 6) is 3.51. The van der Waals surface area contributed by atoms with Crippen molar-refractivity contribution in [3.05, 3.63) is 40.8 Å². The average Bonchev–Trinajstić information content (AvgIpc) is 3.00. The molecule has 2 rings (SSSR count). The third kappa shape index (κ3) is 4.93. The Labute approximate surface area is 161 Å². The fraction of sp³-hybridized carbons (Fsp3) is 0.500. The van der Waals surface area contributed by atoms with E-state index >= 15 is 0 Å². The molecule has 1 aromatic carbocycles. The van der Waals surface area contributed by atoms with Crippen molar-refractivity contribution in [1.29, 1.82) is 0 Å². The molecule has 0 aliphatic heterocycles. The highest BCUT2D eigenvalue weighted by atomic mass is 16.5. The van der Waals surface area contributed by atoms with E-state index in [0.29, 0.717) is 6.54 Å². The van der Waals surface area contributed by atoms with E-state index in [1.54, 1.807) is 21.3 Å². The van der Waals surface area contributed by atoms with Gasteiger partial charge in [0.15, 0.2) is 5.96 Å². The Balaban J connectivity index is 2.03. The molecule has 0 radical (unpaired) electrons. The van der Waals surface area contributed by atoms with E-state index in [0.717, 1.165) is 46.6 Å². The Kier molecular flexibility index (Phi) is 7.10. The molecule has 1 heterocycles. The Morgan fingerprint density at radius 1 is 1.30 bits per heavy atom. The van der Waals surface area contributed by atoms with Gasteiger partial charge in [-0.3, -0.25) is 4.99 Å². The van der Waals surface area contributed by atoms with Gasteiger partial charge >= 0.3 is 0 Å². The maximum absolute atomic E-state index is 5.49. The van der Waals surface area contributed by atoms with Crippen LogP contribution >= 0.6 is 0 Å². The largest absolute Gasteiger partial charge is 0.497 e. The summed E-state index contributed by atoms with van der Waals surface area (Å²) in [5, 5.41) is 7.47. The van der Waals surface area contributed by atoms with Crippen molar-refractivity contribution in [1.82, 2.24) is 15.4 Å². The molecule has 0 aliphatic carbocycles. The fourth-order valence-corrected chi connectivity index (χ4v) is 3.24. The summed E-state index contributed by atoms with van der Waals surface area (Å²) in [5.41, 5.74) is 3.15. The lowest BCUT2D eigenvalue weighted by Gasteiger charge is -2.24. The molecule has 0 aliphatic rings. The van der Waals surface area contributed by atoms with Crippen molar-refractivity contribution in [3.8, 4) is 11.5 Å². The Bertz CT molecular complexity index is 766. The normalized spacial score (nSPS) is 12.6. The van der Waals surface area contributed by atoms with Gasteiger partial charge in [0.2, 0.25) is 0 Å². The molecule has 7 heteroatoms. The molecule has 1 unspecified atom stereocenters. The highest BCUT2D eigenvalue weighted by Gasteiger charge is 2.18. The number of hydrogen-bond donors (Lipinski definition) is 1. The monoisotopic (exact) mass is 374 g/mol. The second-order valence-corrected chi connectivity index (χ2v) is 6.60. The van der Waals surface area contributed by atoms with Gasteiger partial charge in [0.25, 0.3) is 0 Å². The van der Waals surface area contributed by atoms with E-state index in [1.807, 2.05) is 39.1 Å². The van der Waals surface area contributed by atoms with Gasteiger partial charge in [-0.1, -0.05) is 12.1 Å². The summed E-state index contributed by atoms with van der Waals surface area (Å²) in [6, 6.07) is 5.83. The summed E-state index contributed by atoms with van der Waals surface area (Å²) in [4.78, 5) is 6.46. The molecule has 0 amide bonds. The first kappa shape index (κ1) is 20.6. The molecular formula is C20H30N4O3. The van der Waals surface area contributed by atoms with Crippen LogP contribution in [0.1, 0.15) is 35.4 Å². The predicted octanol–water partition coefficient (Wildman–Crippen LogP) is 3.12. The number of ether oxygens (including phenoxy) is 2. The standard InChI is InChI=1S/C20H30N4O3/c1-13(19-14(2)23-27-15(19)3)11-22-20(21-4)24(5)12-16-8-9-17(25-6)10-18(16)26-7/h8-10,13H,11-12H2,1-7H3,(H,21,22). The van der Waals surface area contributed by atoms with Crippen LogP contribution in [0.2, 0.25) is 0 Å². The minimum Gasteiger partial charge on any atom is -0.497 e. The Hall–Kier alpha value is -2.70. The van der Waals surface area contributed by atoms with Crippen LogP contribution in [-0.2, 0) is 6.54 Å². The van der Waals surface area contributed by atoms with Crippen molar-refractivity contribution < 1.29 is 14.0 Å². The number of guanidine groups is 1. The number of nitrogens with zero attached hydrogens (tertiary/aromatic N) is 3. The van der Waals surface area contributed by atoms with Gasteiger partial charge in [-0.05, 0) is 26.0 Å². The summed E-state index contributed by atoms with van der Waals surface area (Å²) in [7, 11) is 7.09. The molecule has 0 saturated heterocycles. The minimum atomic E-state index is 0.261. The number of nitrogens with one attached hydrogen (secondary N) is 1. The summed E-state index contributed by atoms with van der Waals surface area (Å²) < 4.78 is 16.0. The number of aromatic nitrogens is 1. The highest BCUT2D eigenvalue weighted by Crippen LogP contribution is 2.26. The third-order valence-electron chi connectivity index (χ3n) is 4.62. The zero-order valence-corrected chi connectivity index (χ0v) is 17.3. The zero-order valence-electron chi connectivity index (χ0n) is 17.3. The lowest BCUT2D eigenvalue weighted by Crippen LogP contribution is -2.40. The van der Waals surface area contributed by atoms with Crippen molar-refractivity contribution in [3.63, 3.8) is 0 Å². The van der Waals surface area contributed by atoms with E-state index in [2.05, 4.69) is 27.3 Å². The third-order valence-corrected chi connectivity index (χ3v) is 4.62. The van der Waals surface area contributed by atoms with Gasteiger partial charge in [-0.2, -0.15) is 0 Å². The zero-order chi connectivity index (χ0) is 20.0. The smallest absolute Gasteiger partial charge is 0.193 e. The van der Waals surface area contributed by atoms with Crippen LogP contribution in [-0.4, -0.2) is 50.9 Å². The van der Waals surface area contributed by atoms with Crippen LogP contribution in [0.5, 0.6) is 11.5 Å². The molecule has 1 N–H and O–H groups in total. The van der Waals surface area contributed by atoms with E-state index in [9.17, 15) is 0 Å². The quantitative estimate of drug-likeness (QED) is 0.593. The predicted molar refractivity (Wildman–Crippen MR) is 107 cm³/mol. The Morgan fingerprint density at radius 2 is 2.04 bits per heavy atom. The first-order valence-electron chi connectivity index (χ1n) is 8.96. The number of benzene rings is 1. The summed E-state index contributed by atoms with van der Waals surface area (Å²) in [6.07, 6.45) is 0. The molecule has 2 aromatic rings. The summed E-state index contributed by atoms with van der Waals surface area (Å²) in [6.45, 7) is 7.47. The van der Waals surface area contributed by atoms with Crippen LogP contribution in [0.25, 0.3) is 0 Å². The Morgan fingerprint density at radius 3 is 2.59 bits per heavy atom. The summed E-state index contributed by atoms with van der Waals surface area (Å²) >= 11 is 0. The topological polar surface area (TPSA) is 72.1 Å². The first-order valence-corrected chi connectivity index (χ1v) is 8.96. The second-order valence-electron chi connectivity index (χ2n) is 6.60. The van der Waals surface area contributed by atoms with Gasteiger partial charge < -0.3 is 24.2 Å². The van der Waals surface area contributed by atoms with E-state index in [4.69, 9.17) is 14.0 Å². The molecule has 0 fully saturated rings. The van der Waals surface area contributed by atoms with Crippen LogP contribution in [0.3, 0.4) is 0 Å². The molecule has 27 heavy (non-hydrogen) atoms. The molecular weight excluding hydrogens is 344 g/mol. The number of hydrogen-bond acceptors (Lipinski definition) is 5. The molecule has 7 nitrogen and oxygen atoms in total. The maximum Gasteiger partial charge on any atom is 0.193 e. The first-order chi connectivity index (χ1) is 12.9. The van der Waals surface area contributed by atoms with Crippen molar-refractivity contribution in [2.75, 3.05) is 34.9 Å². The second kappa shape index (κ2) is 9.30. The van der Waals surface area contributed by atoms with Crippen LogP contribution < -0.4 is 14.8 Å². The maximum atomic E-state index is 5.49. The van der Waals surface area contributed by atoms with Gasteiger partial charge in [0.05, 0.1) is 19.9 Å². The number of rotatable bonds is 7. The van der Waals surface area contributed by atoms with Crippen molar-refractivity contribution in [2.45, 2.75) is 33.2 Å². The van der Waals surface area contributed by atoms with Gasteiger partial charge in [-0.25, -0.2) is 0 Å².